The second-order valence-corrected chi connectivity index (χ2v) is 6.27. The molecule has 1 unspecified atom stereocenters. The topological polar surface area (TPSA) is 54.4 Å². The fourth-order valence-electron chi connectivity index (χ4n) is 1.86. The van der Waals surface area contributed by atoms with Gasteiger partial charge in [-0.05, 0) is 30.5 Å². The Morgan fingerprint density at radius 3 is 2.71 bits per heavy atom. The summed E-state index contributed by atoms with van der Waals surface area (Å²) in [5.41, 5.74) is 2.18. The minimum atomic E-state index is 0.218. The van der Waals surface area contributed by atoms with E-state index in [0.29, 0.717) is 6.61 Å². The second-order valence-electron chi connectivity index (χ2n) is 5.21. The van der Waals surface area contributed by atoms with Crippen LogP contribution in [0.5, 0.6) is 5.75 Å². The van der Waals surface area contributed by atoms with Gasteiger partial charge < -0.3 is 15.2 Å². The first-order valence-corrected chi connectivity index (χ1v) is 7.99. The minimum Gasteiger partial charge on any atom is -0.487 e. The molecule has 2 aromatic rings. The van der Waals surface area contributed by atoms with E-state index >= 15 is 0 Å². The summed E-state index contributed by atoms with van der Waals surface area (Å²) in [7, 11) is 0. The highest BCUT2D eigenvalue weighted by Crippen LogP contribution is 2.15. The Morgan fingerprint density at radius 1 is 1.33 bits per heavy atom. The fourth-order valence-corrected chi connectivity index (χ4v) is 2.46. The third-order valence-corrected chi connectivity index (χ3v) is 3.93. The Bertz CT molecular complexity index is 539. The van der Waals surface area contributed by atoms with Crippen molar-refractivity contribution in [2.45, 2.75) is 27.0 Å². The highest BCUT2D eigenvalue weighted by Gasteiger charge is 2.01. The second kappa shape index (κ2) is 8.12. The van der Waals surface area contributed by atoms with Crippen LogP contribution in [0.25, 0.3) is 0 Å². The van der Waals surface area contributed by atoms with Crippen molar-refractivity contribution in [1.29, 1.82) is 0 Å². The lowest BCUT2D eigenvalue weighted by molar-refractivity contribution is 0.233. The molecule has 0 bridgehead atoms. The number of aliphatic hydroxyl groups excluding tert-OH is 1. The highest BCUT2D eigenvalue weighted by atomic mass is 32.1. The zero-order valence-corrected chi connectivity index (χ0v) is 13.3. The van der Waals surface area contributed by atoms with Crippen molar-refractivity contribution >= 4 is 11.3 Å². The average Bonchev–Trinajstić information content (AvgIpc) is 2.92. The molecule has 1 atom stereocenters. The van der Waals surface area contributed by atoms with Crippen molar-refractivity contribution in [1.82, 2.24) is 10.3 Å². The molecule has 1 aromatic heterocycles. The van der Waals surface area contributed by atoms with E-state index in [1.807, 2.05) is 31.4 Å². The number of ether oxygens (including phenoxy) is 1. The molecule has 0 aliphatic carbocycles. The Hall–Kier alpha value is -1.43. The van der Waals surface area contributed by atoms with E-state index in [9.17, 15) is 0 Å². The number of aryl methyl sites for hydroxylation is 1. The average molecular weight is 306 g/mol. The molecule has 2 rings (SSSR count). The number of aromatic nitrogens is 1. The van der Waals surface area contributed by atoms with Crippen LogP contribution in [-0.2, 0) is 13.2 Å². The standard InChI is InChI=1S/C16H22N2O2S/c1-12(9-19)7-17-8-14-3-5-16(6-4-14)20-10-15-11-21-13(2)18-15/h3-6,11-12,17,19H,7-10H2,1-2H3. The van der Waals surface area contributed by atoms with E-state index < -0.39 is 0 Å². The van der Waals surface area contributed by atoms with Crippen molar-refractivity contribution in [2.75, 3.05) is 13.2 Å². The van der Waals surface area contributed by atoms with Crippen molar-refractivity contribution < 1.29 is 9.84 Å². The van der Waals surface area contributed by atoms with Crippen molar-refractivity contribution in [3.8, 4) is 5.75 Å². The van der Waals surface area contributed by atoms with E-state index in [-0.39, 0.29) is 12.5 Å². The van der Waals surface area contributed by atoms with E-state index in [1.54, 1.807) is 11.3 Å². The van der Waals surface area contributed by atoms with Gasteiger partial charge in [-0.1, -0.05) is 19.1 Å². The SMILES string of the molecule is Cc1nc(COc2ccc(CNCC(C)CO)cc2)cs1. The van der Waals surface area contributed by atoms with Crippen molar-refractivity contribution in [3.05, 3.63) is 45.9 Å². The molecule has 0 aliphatic heterocycles. The molecule has 0 aliphatic rings. The lowest BCUT2D eigenvalue weighted by Gasteiger charge is -2.10. The predicted molar refractivity (Wildman–Crippen MR) is 85.6 cm³/mol. The largest absolute Gasteiger partial charge is 0.487 e. The van der Waals surface area contributed by atoms with Crippen LogP contribution >= 0.6 is 11.3 Å². The van der Waals surface area contributed by atoms with Gasteiger partial charge in [-0.2, -0.15) is 0 Å². The normalized spacial score (nSPS) is 12.3. The molecule has 1 aromatic carbocycles. The molecular weight excluding hydrogens is 284 g/mol. The molecule has 0 spiro atoms. The number of thiazole rings is 1. The maximum absolute atomic E-state index is 8.96. The molecule has 114 valence electrons. The van der Waals surface area contributed by atoms with Crippen molar-refractivity contribution in [3.63, 3.8) is 0 Å². The van der Waals surface area contributed by atoms with Crippen LogP contribution < -0.4 is 10.1 Å². The Kier molecular flexibility index (Phi) is 6.17. The number of aliphatic hydroxyl groups is 1. The maximum atomic E-state index is 8.96. The molecule has 0 radical (unpaired) electrons. The summed E-state index contributed by atoms with van der Waals surface area (Å²) in [6.45, 7) is 6.36. The van der Waals surface area contributed by atoms with Crippen LogP contribution in [0.1, 0.15) is 23.2 Å². The third kappa shape index (κ3) is 5.46. The first-order chi connectivity index (χ1) is 10.2. The van der Waals surface area contributed by atoms with Crippen LogP contribution in [0.4, 0.5) is 0 Å². The third-order valence-electron chi connectivity index (χ3n) is 3.11. The number of nitrogens with one attached hydrogen (secondary N) is 1. The van der Waals surface area contributed by atoms with E-state index in [4.69, 9.17) is 9.84 Å². The number of benzene rings is 1. The van der Waals surface area contributed by atoms with Crippen LogP contribution in [0, 0.1) is 12.8 Å². The smallest absolute Gasteiger partial charge is 0.131 e. The van der Waals surface area contributed by atoms with Crippen LogP contribution in [0.2, 0.25) is 0 Å². The zero-order valence-electron chi connectivity index (χ0n) is 12.5. The summed E-state index contributed by atoms with van der Waals surface area (Å²) in [5.74, 6) is 1.14. The van der Waals surface area contributed by atoms with Gasteiger partial charge in [0.15, 0.2) is 0 Å². The van der Waals surface area contributed by atoms with Gasteiger partial charge in [-0.15, -0.1) is 11.3 Å². The van der Waals surface area contributed by atoms with Gasteiger partial charge >= 0.3 is 0 Å². The Morgan fingerprint density at radius 2 is 2.10 bits per heavy atom. The highest BCUT2D eigenvalue weighted by molar-refractivity contribution is 7.09. The summed E-state index contributed by atoms with van der Waals surface area (Å²) in [6, 6.07) is 8.06. The van der Waals surface area contributed by atoms with Gasteiger partial charge in [-0.25, -0.2) is 4.98 Å². The quantitative estimate of drug-likeness (QED) is 0.787. The van der Waals surface area contributed by atoms with Gasteiger partial charge in [0.1, 0.15) is 12.4 Å². The number of nitrogens with zero attached hydrogens (tertiary/aromatic N) is 1. The summed E-state index contributed by atoms with van der Waals surface area (Å²) in [6.07, 6.45) is 0. The number of hydrogen-bond acceptors (Lipinski definition) is 5. The minimum absolute atomic E-state index is 0.218. The van der Waals surface area contributed by atoms with E-state index in [0.717, 1.165) is 29.5 Å². The summed E-state index contributed by atoms with van der Waals surface area (Å²) in [5, 5.41) is 15.4. The Labute approximate surface area is 129 Å². The molecule has 0 saturated heterocycles. The van der Waals surface area contributed by atoms with E-state index in [2.05, 4.69) is 22.4 Å². The molecule has 4 nitrogen and oxygen atoms in total. The summed E-state index contributed by atoms with van der Waals surface area (Å²) >= 11 is 1.64. The van der Waals surface area contributed by atoms with Gasteiger partial charge in [0.05, 0.1) is 10.7 Å². The monoisotopic (exact) mass is 306 g/mol. The van der Waals surface area contributed by atoms with Crippen LogP contribution in [0.15, 0.2) is 29.6 Å². The first kappa shape index (κ1) is 15.9. The van der Waals surface area contributed by atoms with E-state index in [1.165, 1.54) is 5.56 Å². The van der Waals surface area contributed by atoms with Gasteiger partial charge in [-0.3, -0.25) is 0 Å². The summed E-state index contributed by atoms with van der Waals surface area (Å²) in [4.78, 5) is 4.37. The molecule has 2 N–H and O–H groups in total. The molecule has 0 saturated carbocycles. The zero-order chi connectivity index (χ0) is 15.1. The first-order valence-electron chi connectivity index (χ1n) is 7.11. The molecule has 0 amide bonds. The van der Waals surface area contributed by atoms with Crippen LogP contribution in [-0.4, -0.2) is 23.2 Å². The number of rotatable bonds is 8. The maximum Gasteiger partial charge on any atom is 0.131 e. The Balaban J connectivity index is 1.76. The molecular formula is C16H22N2O2S. The summed E-state index contributed by atoms with van der Waals surface area (Å²) < 4.78 is 5.71. The van der Waals surface area contributed by atoms with Crippen LogP contribution in [0.3, 0.4) is 0 Å². The molecule has 0 fully saturated rings. The molecule has 1 heterocycles. The number of hydrogen-bond donors (Lipinski definition) is 2. The molecule has 5 heteroatoms. The molecule has 21 heavy (non-hydrogen) atoms. The van der Waals surface area contributed by atoms with Crippen molar-refractivity contribution in [2.24, 2.45) is 5.92 Å². The lowest BCUT2D eigenvalue weighted by Crippen LogP contribution is -2.22. The van der Waals surface area contributed by atoms with Gasteiger partial charge in [0.25, 0.3) is 0 Å². The van der Waals surface area contributed by atoms with Gasteiger partial charge in [0, 0.05) is 25.1 Å². The lowest BCUT2D eigenvalue weighted by atomic mass is 10.2. The fraction of sp³-hybridized carbons (Fsp3) is 0.438. The predicted octanol–water partition coefficient (Wildman–Crippen LogP) is 2.75. The van der Waals surface area contributed by atoms with Gasteiger partial charge in [0.2, 0.25) is 0 Å².